The molecule has 2 amide bonds. The summed E-state index contributed by atoms with van der Waals surface area (Å²) in [4.78, 5) is 28.8. The van der Waals surface area contributed by atoms with Crippen LogP contribution in [0.1, 0.15) is 10.4 Å². The van der Waals surface area contributed by atoms with Gasteiger partial charge in [-0.3, -0.25) is 14.9 Å². The third-order valence-electron chi connectivity index (χ3n) is 4.04. The van der Waals surface area contributed by atoms with Gasteiger partial charge in [0.1, 0.15) is 5.75 Å². The molecule has 1 aromatic heterocycles. The molecule has 1 heterocycles. The number of thiazole rings is 1. The van der Waals surface area contributed by atoms with Crippen LogP contribution in [0.3, 0.4) is 0 Å². The summed E-state index contributed by atoms with van der Waals surface area (Å²) >= 11 is 1.41. The van der Waals surface area contributed by atoms with E-state index in [1.807, 2.05) is 30.3 Å². The number of hydrogen-bond donors (Lipinski definition) is 2. The van der Waals surface area contributed by atoms with Crippen LogP contribution in [0.2, 0.25) is 0 Å². The largest absolute Gasteiger partial charge is 0.484 e. The predicted molar refractivity (Wildman–Crippen MR) is 115 cm³/mol. The van der Waals surface area contributed by atoms with Crippen LogP contribution in [0.15, 0.2) is 78.9 Å². The van der Waals surface area contributed by atoms with Crippen LogP contribution in [0.5, 0.6) is 5.75 Å². The van der Waals surface area contributed by atoms with Gasteiger partial charge in [0.2, 0.25) is 0 Å². The van der Waals surface area contributed by atoms with Crippen molar-refractivity contribution in [2.45, 2.75) is 0 Å². The van der Waals surface area contributed by atoms with E-state index in [4.69, 9.17) is 4.74 Å². The molecule has 3 aromatic carbocycles. The van der Waals surface area contributed by atoms with E-state index in [1.54, 1.807) is 48.5 Å². The number of aromatic nitrogens is 1. The third kappa shape index (κ3) is 4.77. The van der Waals surface area contributed by atoms with E-state index in [1.165, 1.54) is 11.3 Å². The average Bonchev–Trinajstić information content (AvgIpc) is 3.15. The number of amides is 2. The van der Waals surface area contributed by atoms with Crippen molar-refractivity contribution in [1.82, 2.24) is 4.98 Å². The molecule has 0 spiro atoms. The molecule has 0 atom stereocenters. The Morgan fingerprint density at radius 3 is 2.52 bits per heavy atom. The smallest absolute Gasteiger partial charge is 0.264 e. The fourth-order valence-corrected chi connectivity index (χ4v) is 3.57. The summed E-state index contributed by atoms with van der Waals surface area (Å²) < 4.78 is 6.56. The van der Waals surface area contributed by atoms with Gasteiger partial charge in [-0.15, -0.1) is 0 Å². The standard InChI is InChI=1S/C22H17N3O3S/c26-20(25-22-24-18-11-4-5-12-19(18)29-22)14-28-17-10-6-9-16(13-17)23-21(27)15-7-2-1-3-8-15/h1-13H,14H2,(H,23,27)(H,24,25,26). The van der Waals surface area contributed by atoms with Crippen LogP contribution in [0.4, 0.5) is 10.8 Å². The zero-order chi connectivity index (χ0) is 20.1. The van der Waals surface area contributed by atoms with Crippen molar-refractivity contribution >= 4 is 44.2 Å². The summed E-state index contributed by atoms with van der Waals surface area (Å²) in [5.41, 5.74) is 1.99. The molecule has 0 radical (unpaired) electrons. The first-order chi connectivity index (χ1) is 14.2. The number of hydrogen-bond acceptors (Lipinski definition) is 5. The van der Waals surface area contributed by atoms with E-state index in [-0.39, 0.29) is 18.4 Å². The van der Waals surface area contributed by atoms with Crippen molar-refractivity contribution < 1.29 is 14.3 Å². The number of nitrogens with one attached hydrogen (secondary N) is 2. The van der Waals surface area contributed by atoms with E-state index in [0.29, 0.717) is 22.1 Å². The zero-order valence-electron chi connectivity index (χ0n) is 15.3. The molecule has 6 nitrogen and oxygen atoms in total. The Balaban J connectivity index is 1.34. The van der Waals surface area contributed by atoms with Crippen molar-refractivity contribution in [3.05, 3.63) is 84.4 Å². The predicted octanol–water partition coefficient (Wildman–Crippen LogP) is 4.57. The fourth-order valence-electron chi connectivity index (χ4n) is 2.69. The van der Waals surface area contributed by atoms with Crippen LogP contribution in [0, 0.1) is 0 Å². The van der Waals surface area contributed by atoms with Crippen LogP contribution in [-0.4, -0.2) is 23.4 Å². The number of nitrogens with zero attached hydrogens (tertiary/aromatic N) is 1. The number of fused-ring (bicyclic) bond motifs is 1. The molecule has 4 rings (SSSR count). The minimum absolute atomic E-state index is 0.161. The lowest BCUT2D eigenvalue weighted by atomic mass is 10.2. The van der Waals surface area contributed by atoms with Gasteiger partial charge >= 0.3 is 0 Å². The summed E-state index contributed by atoms with van der Waals surface area (Å²) in [5, 5.41) is 6.09. The van der Waals surface area contributed by atoms with Crippen molar-refractivity contribution in [2.75, 3.05) is 17.2 Å². The maximum Gasteiger partial charge on any atom is 0.264 e. The van der Waals surface area contributed by atoms with Gasteiger partial charge in [0, 0.05) is 17.3 Å². The van der Waals surface area contributed by atoms with Gasteiger partial charge in [0.15, 0.2) is 11.7 Å². The molecule has 0 bridgehead atoms. The Labute approximate surface area is 171 Å². The third-order valence-corrected chi connectivity index (χ3v) is 4.99. The van der Waals surface area contributed by atoms with Crippen molar-refractivity contribution in [1.29, 1.82) is 0 Å². The molecule has 0 fully saturated rings. The number of benzene rings is 3. The minimum atomic E-state index is -0.303. The summed E-state index contributed by atoms with van der Waals surface area (Å²) in [6, 6.07) is 23.5. The first-order valence-corrected chi connectivity index (χ1v) is 9.74. The molecular weight excluding hydrogens is 386 g/mol. The molecule has 29 heavy (non-hydrogen) atoms. The van der Waals surface area contributed by atoms with Crippen LogP contribution < -0.4 is 15.4 Å². The highest BCUT2D eigenvalue weighted by Crippen LogP contribution is 2.25. The van der Waals surface area contributed by atoms with Gasteiger partial charge in [0.05, 0.1) is 10.2 Å². The van der Waals surface area contributed by atoms with E-state index in [0.717, 1.165) is 10.2 Å². The first kappa shape index (κ1) is 18.6. The molecule has 2 N–H and O–H groups in total. The molecule has 0 saturated heterocycles. The van der Waals surface area contributed by atoms with Gasteiger partial charge in [0.25, 0.3) is 11.8 Å². The van der Waals surface area contributed by atoms with Crippen LogP contribution in [0.25, 0.3) is 10.2 Å². The highest BCUT2D eigenvalue weighted by atomic mass is 32.1. The van der Waals surface area contributed by atoms with E-state index >= 15 is 0 Å². The highest BCUT2D eigenvalue weighted by molar-refractivity contribution is 7.22. The summed E-state index contributed by atoms with van der Waals surface area (Å²) in [5.74, 6) is -0.0329. The number of carbonyl (C=O) groups is 2. The number of ether oxygens (including phenoxy) is 1. The van der Waals surface area contributed by atoms with Gasteiger partial charge < -0.3 is 10.1 Å². The summed E-state index contributed by atoms with van der Waals surface area (Å²) in [6.45, 7) is -0.161. The second-order valence-electron chi connectivity index (χ2n) is 6.17. The number of para-hydroxylation sites is 1. The Kier molecular flexibility index (Phi) is 5.49. The molecular formula is C22H17N3O3S. The maximum absolute atomic E-state index is 12.2. The van der Waals surface area contributed by atoms with Crippen LogP contribution >= 0.6 is 11.3 Å². The Morgan fingerprint density at radius 1 is 0.897 bits per heavy atom. The summed E-state index contributed by atoms with van der Waals surface area (Å²) in [6.07, 6.45) is 0. The fraction of sp³-hybridized carbons (Fsp3) is 0.0455. The number of anilines is 2. The van der Waals surface area contributed by atoms with E-state index in [9.17, 15) is 9.59 Å². The number of rotatable bonds is 6. The second kappa shape index (κ2) is 8.53. The Hall–Kier alpha value is -3.71. The van der Waals surface area contributed by atoms with Gasteiger partial charge in [-0.25, -0.2) is 4.98 Å². The molecule has 0 saturated carbocycles. The van der Waals surface area contributed by atoms with Crippen molar-refractivity contribution in [3.8, 4) is 5.75 Å². The topological polar surface area (TPSA) is 80.3 Å². The molecule has 144 valence electrons. The maximum atomic E-state index is 12.2. The molecule has 0 aliphatic carbocycles. The molecule has 4 aromatic rings. The normalized spacial score (nSPS) is 10.5. The quantitative estimate of drug-likeness (QED) is 0.494. The van der Waals surface area contributed by atoms with Crippen molar-refractivity contribution in [3.63, 3.8) is 0 Å². The van der Waals surface area contributed by atoms with E-state index < -0.39 is 0 Å². The Morgan fingerprint density at radius 2 is 1.69 bits per heavy atom. The van der Waals surface area contributed by atoms with Gasteiger partial charge in [-0.05, 0) is 36.4 Å². The van der Waals surface area contributed by atoms with Gasteiger partial charge in [-0.2, -0.15) is 0 Å². The lowest BCUT2D eigenvalue weighted by Crippen LogP contribution is -2.20. The first-order valence-electron chi connectivity index (χ1n) is 8.92. The molecule has 7 heteroatoms. The second-order valence-corrected chi connectivity index (χ2v) is 7.20. The van der Waals surface area contributed by atoms with Crippen LogP contribution in [-0.2, 0) is 4.79 Å². The van der Waals surface area contributed by atoms with Crippen molar-refractivity contribution in [2.24, 2.45) is 0 Å². The highest BCUT2D eigenvalue weighted by Gasteiger charge is 2.09. The lowest BCUT2D eigenvalue weighted by Gasteiger charge is -2.09. The SMILES string of the molecule is O=C(COc1cccc(NC(=O)c2ccccc2)c1)Nc1nc2ccccc2s1. The zero-order valence-corrected chi connectivity index (χ0v) is 16.1. The minimum Gasteiger partial charge on any atom is -0.484 e. The molecule has 0 unspecified atom stereocenters. The average molecular weight is 403 g/mol. The lowest BCUT2D eigenvalue weighted by molar-refractivity contribution is -0.118. The number of carbonyl (C=O) groups excluding carboxylic acids is 2. The Bertz CT molecular complexity index is 1130. The molecule has 0 aliphatic rings. The van der Waals surface area contributed by atoms with Gasteiger partial charge in [-0.1, -0.05) is 47.7 Å². The molecule has 0 aliphatic heterocycles. The van der Waals surface area contributed by atoms with E-state index in [2.05, 4.69) is 15.6 Å². The monoisotopic (exact) mass is 403 g/mol. The summed E-state index contributed by atoms with van der Waals surface area (Å²) in [7, 11) is 0.